The van der Waals surface area contributed by atoms with Crippen LogP contribution in [0.25, 0.3) is 0 Å². The first kappa shape index (κ1) is 12.2. The molecule has 17 heavy (non-hydrogen) atoms. The lowest BCUT2D eigenvalue weighted by Gasteiger charge is -2.29. The van der Waals surface area contributed by atoms with Crippen LogP contribution in [0.1, 0.15) is 39.0 Å². The van der Waals surface area contributed by atoms with E-state index in [0.29, 0.717) is 17.4 Å². The van der Waals surface area contributed by atoms with Crippen molar-refractivity contribution in [1.82, 2.24) is 0 Å². The monoisotopic (exact) mass is 236 g/mol. The van der Waals surface area contributed by atoms with Crippen molar-refractivity contribution >= 4 is 11.4 Å². The molecule has 2 rings (SSSR count). The summed E-state index contributed by atoms with van der Waals surface area (Å²) < 4.78 is 13.6. The summed E-state index contributed by atoms with van der Waals surface area (Å²) in [6.07, 6.45) is 6.06. The normalized spacial score (nSPS) is 24.6. The molecule has 3 N–H and O–H groups in total. The lowest BCUT2D eigenvalue weighted by molar-refractivity contribution is 0.329. The van der Waals surface area contributed by atoms with E-state index >= 15 is 0 Å². The molecule has 0 heterocycles. The third kappa shape index (κ3) is 3.11. The van der Waals surface area contributed by atoms with Crippen LogP contribution in [0, 0.1) is 11.7 Å². The molecule has 3 heteroatoms. The number of rotatable bonds is 3. The quantitative estimate of drug-likeness (QED) is 0.784. The van der Waals surface area contributed by atoms with E-state index in [0.717, 1.165) is 18.8 Å². The van der Waals surface area contributed by atoms with E-state index in [9.17, 15) is 4.39 Å². The van der Waals surface area contributed by atoms with Crippen LogP contribution in [-0.4, -0.2) is 6.04 Å². The van der Waals surface area contributed by atoms with Crippen molar-refractivity contribution in [1.29, 1.82) is 0 Å². The van der Waals surface area contributed by atoms with Gasteiger partial charge < -0.3 is 11.1 Å². The van der Waals surface area contributed by atoms with Crippen LogP contribution in [0.2, 0.25) is 0 Å². The van der Waals surface area contributed by atoms with Crippen LogP contribution in [0.4, 0.5) is 15.8 Å². The minimum absolute atomic E-state index is 0.248. The molecule has 1 aromatic carbocycles. The standard InChI is InChI=1S/C14H21FN2/c1-2-10-3-6-12(7-4-10)17-14-8-5-11(16)9-13(14)15/h5,8-10,12,17H,2-4,6-7,16H2,1H3. The zero-order valence-electron chi connectivity index (χ0n) is 10.4. The Morgan fingerprint density at radius 3 is 2.59 bits per heavy atom. The highest BCUT2D eigenvalue weighted by Gasteiger charge is 2.20. The van der Waals surface area contributed by atoms with Gasteiger partial charge in [-0.3, -0.25) is 0 Å². The summed E-state index contributed by atoms with van der Waals surface area (Å²) in [6, 6.07) is 5.26. The largest absolute Gasteiger partial charge is 0.399 e. The number of halogens is 1. The average Bonchev–Trinajstić information content (AvgIpc) is 2.34. The summed E-state index contributed by atoms with van der Waals surface area (Å²) in [7, 11) is 0. The maximum absolute atomic E-state index is 13.6. The van der Waals surface area contributed by atoms with Gasteiger partial charge in [0.15, 0.2) is 0 Å². The van der Waals surface area contributed by atoms with Crippen LogP contribution < -0.4 is 11.1 Å². The Morgan fingerprint density at radius 2 is 2.00 bits per heavy atom. The summed E-state index contributed by atoms with van der Waals surface area (Å²) >= 11 is 0. The fourth-order valence-corrected chi connectivity index (χ4v) is 2.58. The molecule has 1 aliphatic carbocycles. The third-order valence-electron chi connectivity index (χ3n) is 3.78. The van der Waals surface area contributed by atoms with Gasteiger partial charge in [-0.15, -0.1) is 0 Å². The smallest absolute Gasteiger partial charge is 0.148 e. The van der Waals surface area contributed by atoms with Crippen molar-refractivity contribution < 1.29 is 4.39 Å². The Balaban J connectivity index is 1.93. The van der Waals surface area contributed by atoms with Gasteiger partial charge in [0, 0.05) is 11.7 Å². The number of hydrogen-bond acceptors (Lipinski definition) is 2. The molecule has 2 nitrogen and oxygen atoms in total. The number of nitrogens with one attached hydrogen (secondary N) is 1. The van der Waals surface area contributed by atoms with Crippen molar-refractivity contribution in [3.8, 4) is 0 Å². The van der Waals surface area contributed by atoms with Gasteiger partial charge in [-0.05, 0) is 49.8 Å². The predicted octanol–water partition coefficient (Wildman–Crippen LogP) is 3.79. The molecule has 1 saturated carbocycles. The van der Waals surface area contributed by atoms with E-state index in [2.05, 4.69) is 12.2 Å². The van der Waals surface area contributed by atoms with Gasteiger partial charge in [-0.25, -0.2) is 4.39 Å². The van der Waals surface area contributed by atoms with Crippen molar-refractivity contribution in [3.05, 3.63) is 24.0 Å². The maximum atomic E-state index is 13.6. The number of anilines is 2. The van der Waals surface area contributed by atoms with Gasteiger partial charge in [0.1, 0.15) is 5.82 Å². The highest BCUT2D eigenvalue weighted by molar-refractivity contribution is 5.53. The van der Waals surface area contributed by atoms with E-state index in [4.69, 9.17) is 5.73 Å². The van der Waals surface area contributed by atoms with Crippen LogP contribution in [0.3, 0.4) is 0 Å². The Hall–Kier alpha value is -1.25. The summed E-state index contributed by atoms with van der Waals surface area (Å²) in [4.78, 5) is 0. The van der Waals surface area contributed by atoms with Crippen molar-refractivity contribution in [3.63, 3.8) is 0 Å². The second-order valence-electron chi connectivity index (χ2n) is 5.01. The molecule has 0 aromatic heterocycles. The molecule has 0 spiro atoms. The molecule has 0 bridgehead atoms. The van der Waals surface area contributed by atoms with Gasteiger partial charge in [-0.2, -0.15) is 0 Å². The van der Waals surface area contributed by atoms with E-state index in [1.807, 2.05) is 0 Å². The highest BCUT2D eigenvalue weighted by Crippen LogP contribution is 2.29. The average molecular weight is 236 g/mol. The second-order valence-corrected chi connectivity index (χ2v) is 5.01. The number of hydrogen-bond donors (Lipinski definition) is 2. The van der Waals surface area contributed by atoms with E-state index in [1.165, 1.54) is 25.3 Å². The first-order valence-corrected chi connectivity index (χ1v) is 6.50. The fraction of sp³-hybridized carbons (Fsp3) is 0.571. The summed E-state index contributed by atoms with van der Waals surface area (Å²) in [5.41, 5.74) is 6.59. The molecule has 1 aromatic rings. The summed E-state index contributed by atoms with van der Waals surface area (Å²) in [6.45, 7) is 2.25. The Kier molecular flexibility index (Phi) is 3.87. The van der Waals surface area contributed by atoms with Gasteiger partial charge >= 0.3 is 0 Å². The molecular formula is C14H21FN2. The van der Waals surface area contributed by atoms with Gasteiger partial charge in [0.25, 0.3) is 0 Å². The molecule has 1 aliphatic rings. The molecule has 94 valence electrons. The first-order valence-electron chi connectivity index (χ1n) is 6.50. The fourth-order valence-electron chi connectivity index (χ4n) is 2.58. The Bertz CT molecular complexity index is 370. The van der Waals surface area contributed by atoms with Crippen LogP contribution in [0.5, 0.6) is 0 Å². The van der Waals surface area contributed by atoms with E-state index < -0.39 is 0 Å². The molecule has 0 atom stereocenters. The predicted molar refractivity (Wildman–Crippen MR) is 70.5 cm³/mol. The molecule has 1 fully saturated rings. The lowest BCUT2D eigenvalue weighted by atomic mass is 9.84. The topological polar surface area (TPSA) is 38.0 Å². The highest BCUT2D eigenvalue weighted by atomic mass is 19.1. The first-order chi connectivity index (χ1) is 8.19. The second kappa shape index (κ2) is 5.39. The third-order valence-corrected chi connectivity index (χ3v) is 3.78. The minimum atomic E-state index is -0.248. The molecule has 0 saturated heterocycles. The van der Waals surface area contributed by atoms with Crippen molar-refractivity contribution in [2.24, 2.45) is 5.92 Å². The van der Waals surface area contributed by atoms with Gasteiger partial charge in [0.05, 0.1) is 5.69 Å². The number of benzene rings is 1. The SMILES string of the molecule is CCC1CCC(Nc2ccc(N)cc2F)CC1. The van der Waals surface area contributed by atoms with Crippen LogP contribution in [0.15, 0.2) is 18.2 Å². The summed E-state index contributed by atoms with van der Waals surface area (Å²) in [5, 5.41) is 3.29. The van der Waals surface area contributed by atoms with E-state index in [1.54, 1.807) is 12.1 Å². The van der Waals surface area contributed by atoms with Gasteiger partial charge in [0.2, 0.25) is 0 Å². The maximum Gasteiger partial charge on any atom is 0.148 e. The molecule has 0 amide bonds. The van der Waals surface area contributed by atoms with Gasteiger partial charge in [-0.1, -0.05) is 13.3 Å². The molecule has 0 radical (unpaired) electrons. The lowest BCUT2D eigenvalue weighted by Crippen LogP contribution is -2.26. The van der Waals surface area contributed by atoms with E-state index in [-0.39, 0.29) is 5.82 Å². The number of nitrogen functional groups attached to an aromatic ring is 1. The Labute approximate surface area is 102 Å². The van der Waals surface area contributed by atoms with Crippen molar-refractivity contribution in [2.45, 2.75) is 45.1 Å². The van der Waals surface area contributed by atoms with Crippen LogP contribution in [-0.2, 0) is 0 Å². The molecular weight excluding hydrogens is 215 g/mol. The zero-order valence-corrected chi connectivity index (χ0v) is 10.4. The van der Waals surface area contributed by atoms with Crippen LogP contribution >= 0.6 is 0 Å². The molecule has 0 aliphatic heterocycles. The summed E-state index contributed by atoms with van der Waals surface area (Å²) in [5.74, 6) is 0.618. The Morgan fingerprint density at radius 1 is 1.29 bits per heavy atom. The molecule has 0 unspecified atom stereocenters. The minimum Gasteiger partial charge on any atom is -0.399 e. The zero-order chi connectivity index (χ0) is 12.3. The number of nitrogens with two attached hydrogens (primary N) is 1. The van der Waals surface area contributed by atoms with Crippen molar-refractivity contribution in [2.75, 3.05) is 11.1 Å².